The number of aromatic nitrogens is 4. The smallest absolute Gasteiger partial charge is 0.269 e. The fourth-order valence-corrected chi connectivity index (χ4v) is 2.79. The monoisotopic (exact) mass is 399 g/mol. The first kappa shape index (κ1) is 15.6. The molecule has 3 rings (SSSR count). The third-order valence-electron chi connectivity index (χ3n) is 3.92. The first-order valence-corrected chi connectivity index (χ1v) is 8.61. The quantitative estimate of drug-likeness (QED) is 0.618. The first-order chi connectivity index (χ1) is 14.6. The van der Waals surface area contributed by atoms with Crippen molar-refractivity contribution in [3.05, 3.63) is 58.5 Å². The van der Waals surface area contributed by atoms with Crippen molar-refractivity contribution >= 4 is 23.3 Å². The van der Waals surface area contributed by atoms with E-state index in [2.05, 4.69) is 20.6 Å². The number of hydrogen-bond acceptors (Lipinski definition) is 5. The summed E-state index contributed by atoms with van der Waals surface area (Å²) in [6.07, 6.45) is 1.74. The fourth-order valence-electron chi connectivity index (χ4n) is 2.56. The molecule has 1 aromatic carbocycles. The van der Waals surface area contributed by atoms with Crippen molar-refractivity contribution in [3.8, 4) is 17.3 Å². The molecule has 0 aliphatic heterocycles. The lowest BCUT2D eigenvalue weighted by Gasteiger charge is -2.13. The predicted octanol–water partition coefficient (Wildman–Crippen LogP) is 2.82. The Morgan fingerprint density at radius 3 is 2.96 bits per heavy atom. The molecule has 0 radical (unpaired) electrons. The SMILES string of the molecule is [2H]C([2H])([2H])C(=O)c1cc(C(=O)N[C@@H](C)Cn2ccc(-c3ccc(C#N)c(Cl)c3)n2)[nH]n1. The lowest BCUT2D eigenvalue weighted by atomic mass is 10.1. The number of Topliss-reactive ketones (excluding diaryl/α,β-unsaturated/α-hetero) is 1. The van der Waals surface area contributed by atoms with E-state index in [-0.39, 0.29) is 17.4 Å². The van der Waals surface area contributed by atoms with Crippen molar-refractivity contribution in [3.63, 3.8) is 0 Å². The van der Waals surface area contributed by atoms with Crippen LogP contribution in [0, 0.1) is 11.3 Å². The summed E-state index contributed by atoms with van der Waals surface area (Å²) < 4.78 is 23.0. The van der Waals surface area contributed by atoms with Crippen LogP contribution < -0.4 is 5.32 Å². The summed E-state index contributed by atoms with van der Waals surface area (Å²) in [7, 11) is 0. The Kier molecular flexibility index (Phi) is 4.49. The number of benzene rings is 1. The van der Waals surface area contributed by atoms with Gasteiger partial charge in [0.25, 0.3) is 5.91 Å². The molecule has 0 fully saturated rings. The topological polar surface area (TPSA) is 116 Å². The molecule has 142 valence electrons. The molecule has 0 spiro atoms. The van der Waals surface area contributed by atoms with Crippen molar-refractivity contribution in [1.82, 2.24) is 25.3 Å². The Morgan fingerprint density at radius 2 is 2.25 bits per heavy atom. The first-order valence-electron chi connectivity index (χ1n) is 9.73. The van der Waals surface area contributed by atoms with E-state index in [1.54, 1.807) is 42.1 Å². The number of halogens is 1. The molecule has 0 saturated carbocycles. The van der Waals surface area contributed by atoms with Gasteiger partial charge in [0.1, 0.15) is 17.5 Å². The Bertz CT molecular complexity index is 1180. The van der Waals surface area contributed by atoms with Gasteiger partial charge in [0.2, 0.25) is 0 Å². The maximum absolute atomic E-state index is 12.4. The van der Waals surface area contributed by atoms with Gasteiger partial charge in [-0.05, 0) is 31.2 Å². The minimum Gasteiger partial charge on any atom is -0.346 e. The molecule has 1 atom stereocenters. The number of amides is 1. The highest BCUT2D eigenvalue weighted by atomic mass is 35.5. The Hall–Kier alpha value is -3.44. The van der Waals surface area contributed by atoms with E-state index in [4.69, 9.17) is 21.0 Å². The van der Waals surface area contributed by atoms with Crippen LogP contribution in [0.1, 0.15) is 44.4 Å². The van der Waals surface area contributed by atoms with Gasteiger partial charge in [0, 0.05) is 28.8 Å². The summed E-state index contributed by atoms with van der Waals surface area (Å²) in [6, 6.07) is 9.59. The number of rotatable bonds is 6. The van der Waals surface area contributed by atoms with E-state index >= 15 is 0 Å². The van der Waals surface area contributed by atoms with Crippen LogP contribution in [0.4, 0.5) is 0 Å². The zero-order valence-corrected chi connectivity index (χ0v) is 15.5. The van der Waals surface area contributed by atoms with Crippen LogP contribution in [0.15, 0.2) is 36.5 Å². The van der Waals surface area contributed by atoms with Gasteiger partial charge in [-0.2, -0.15) is 15.5 Å². The van der Waals surface area contributed by atoms with E-state index in [1.807, 2.05) is 6.07 Å². The van der Waals surface area contributed by atoms with Crippen LogP contribution >= 0.6 is 11.6 Å². The predicted molar refractivity (Wildman–Crippen MR) is 103 cm³/mol. The molecule has 0 saturated heterocycles. The van der Waals surface area contributed by atoms with Crippen LogP contribution in [0.5, 0.6) is 0 Å². The molecule has 1 amide bonds. The van der Waals surface area contributed by atoms with E-state index in [1.165, 1.54) is 0 Å². The number of H-pyrrole nitrogens is 1. The van der Waals surface area contributed by atoms with Crippen molar-refractivity contribution in [2.75, 3.05) is 0 Å². The molecule has 0 unspecified atom stereocenters. The number of aromatic amines is 1. The molecule has 0 aliphatic carbocycles. The minimum absolute atomic E-state index is 0.0205. The third-order valence-corrected chi connectivity index (χ3v) is 4.23. The van der Waals surface area contributed by atoms with Gasteiger partial charge in [0.05, 0.1) is 22.8 Å². The second kappa shape index (κ2) is 8.06. The molecule has 28 heavy (non-hydrogen) atoms. The molecule has 2 heterocycles. The normalized spacial score (nSPS) is 13.7. The lowest BCUT2D eigenvalue weighted by Crippen LogP contribution is -2.36. The Balaban J connectivity index is 1.63. The zero-order valence-electron chi connectivity index (χ0n) is 17.7. The number of carbonyl (C=O) groups excluding carboxylic acids is 2. The van der Waals surface area contributed by atoms with E-state index in [0.29, 0.717) is 22.8 Å². The average molecular weight is 400 g/mol. The summed E-state index contributed by atoms with van der Waals surface area (Å²) in [5.41, 5.74) is 1.45. The van der Waals surface area contributed by atoms with Gasteiger partial charge in [0.15, 0.2) is 5.78 Å². The summed E-state index contributed by atoms with van der Waals surface area (Å²) in [6.45, 7) is -0.708. The van der Waals surface area contributed by atoms with E-state index in [0.717, 1.165) is 11.6 Å². The summed E-state index contributed by atoms with van der Waals surface area (Å²) in [5, 5.41) is 22.5. The van der Waals surface area contributed by atoms with Crippen LogP contribution in [-0.4, -0.2) is 37.7 Å². The summed E-state index contributed by atoms with van der Waals surface area (Å²) in [4.78, 5) is 24.1. The highest BCUT2D eigenvalue weighted by molar-refractivity contribution is 6.32. The van der Waals surface area contributed by atoms with Gasteiger partial charge in [-0.25, -0.2) is 0 Å². The summed E-state index contributed by atoms with van der Waals surface area (Å²) >= 11 is 6.07. The van der Waals surface area contributed by atoms with Gasteiger partial charge in [-0.1, -0.05) is 17.7 Å². The second-order valence-corrected chi connectivity index (χ2v) is 6.51. The van der Waals surface area contributed by atoms with Crippen molar-refractivity contribution < 1.29 is 13.7 Å². The fraction of sp³-hybridized carbons (Fsp3) is 0.211. The second-order valence-electron chi connectivity index (χ2n) is 6.10. The highest BCUT2D eigenvalue weighted by Crippen LogP contribution is 2.24. The largest absolute Gasteiger partial charge is 0.346 e. The number of carbonyl (C=O) groups is 2. The van der Waals surface area contributed by atoms with E-state index in [9.17, 15) is 9.59 Å². The zero-order chi connectivity index (χ0) is 22.8. The number of hydrogen-bond donors (Lipinski definition) is 2. The number of ketones is 1. The van der Waals surface area contributed by atoms with Gasteiger partial charge in [-0.3, -0.25) is 19.4 Å². The van der Waals surface area contributed by atoms with Crippen molar-refractivity contribution in [2.24, 2.45) is 0 Å². The molecule has 9 heteroatoms. The van der Waals surface area contributed by atoms with Crippen LogP contribution in [-0.2, 0) is 6.54 Å². The minimum atomic E-state index is -2.83. The average Bonchev–Trinajstić information content (AvgIpc) is 3.36. The van der Waals surface area contributed by atoms with Crippen molar-refractivity contribution in [2.45, 2.75) is 26.4 Å². The third kappa shape index (κ3) is 4.27. The highest BCUT2D eigenvalue weighted by Gasteiger charge is 2.15. The number of nitrogens with one attached hydrogen (secondary N) is 2. The van der Waals surface area contributed by atoms with Crippen LogP contribution in [0.3, 0.4) is 0 Å². The maximum Gasteiger partial charge on any atom is 0.269 e. The summed E-state index contributed by atoms with van der Waals surface area (Å²) in [5.74, 6) is -1.67. The standard InChI is InChI=1S/C19H17ClN6O2/c1-11(22-19(28)18-8-17(12(2)27)23-24-18)10-26-6-5-16(25-26)13-3-4-14(9-21)15(20)7-13/h3-8,11H,10H2,1-2H3,(H,22,28)(H,23,24)/t11-/m0/s1/i2D3. The van der Waals surface area contributed by atoms with Gasteiger partial charge in [-0.15, -0.1) is 0 Å². The number of nitrogens with zero attached hydrogens (tertiary/aromatic N) is 4. The molecular formula is C19H17ClN6O2. The molecule has 8 nitrogen and oxygen atoms in total. The number of nitriles is 1. The molecule has 2 aromatic heterocycles. The Morgan fingerprint density at radius 1 is 1.43 bits per heavy atom. The molecule has 0 aliphatic rings. The Labute approximate surface area is 170 Å². The van der Waals surface area contributed by atoms with E-state index < -0.39 is 18.5 Å². The van der Waals surface area contributed by atoms with Gasteiger partial charge >= 0.3 is 0 Å². The molecule has 2 N–H and O–H groups in total. The van der Waals surface area contributed by atoms with Crippen LogP contribution in [0.25, 0.3) is 11.3 Å². The molecule has 3 aromatic rings. The molecular weight excluding hydrogens is 380 g/mol. The van der Waals surface area contributed by atoms with Gasteiger partial charge < -0.3 is 5.32 Å². The van der Waals surface area contributed by atoms with Crippen LogP contribution in [0.2, 0.25) is 5.02 Å². The lowest BCUT2D eigenvalue weighted by molar-refractivity contribution is 0.0930. The van der Waals surface area contributed by atoms with Crippen molar-refractivity contribution in [1.29, 1.82) is 5.26 Å². The molecule has 0 bridgehead atoms. The maximum atomic E-state index is 12.4.